The van der Waals surface area contributed by atoms with E-state index in [2.05, 4.69) is 9.98 Å². The van der Waals surface area contributed by atoms with Crippen LogP contribution in [-0.2, 0) is 0 Å². The molecule has 1 heterocycles. The lowest BCUT2D eigenvalue weighted by molar-refractivity contribution is 0.841. The van der Waals surface area contributed by atoms with Gasteiger partial charge in [-0.1, -0.05) is 0 Å². The fourth-order valence-electron chi connectivity index (χ4n) is 0.511. The Morgan fingerprint density at radius 1 is 1.70 bits per heavy atom. The van der Waals surface area contributed by atoms with Crippen molar-refractivity contribution >= 4 is 17.6 Å². The van der Waals surface area contributed by atoms with Crippen LogP contribution in [0.5, 0.6) is 0 Å². The van der Waals surface area contributed by atoms with Crippen LogP contribution >= 0.6 is 11.3 Å². The summed E-state index contributed by atoms with van der Waals surface area (Å²) in [7, 11) is 0. The summed E-state index contributed by atoms with van der Waals surface area (Å²) in [5.41, 5.74) is 0. The zero-order chi connectivity index (χ0) is 7.40. The molecule has 54 valence electrons. The van der Waals surface area contributed by atoms with Crippen LogP contribution in [0.3, 0.4) is 0 Å². The highest BCUT2D eigenvalue weighted by molar-refractivity contribution is 7.11. The van der Waals surface area contributed by atoms with E-state index in [1.54, 1.807) is 17.5 Å². The van der Waals surface area contributed by atoms with Crippen LogP contribution in [0.2, 0.25) is 0 Å². The summed E-state index contributed by atoms with van der Waals surface area (Å²) < 4.78 is 0. The van der Waals surface area contributed by atoms with Crippen LogP contribution in [0.4, 0.5) is 0 Å². The van der Waals surface area contributed by atoms with Crippen molar-refractivity contribution in [2.24, 2.45) is 4.99 Å². The third-order valence-electron chi connectivity index (χ3n) is 0.935. The van der Waals surface area contributed by atoms with E-state index in [-0.39, 0.29) is 0 Å². The van der Waals surface area contributed by atoms with Gasteiger partial charge in [-0.05, 0) is 13.8 Å². The Labute approximate surface area is 64.6 Å². The van der Waals surface area contributed by atoms with E-state index in [0.717, 1.165) is 5.01 Å². The molecule has 1 rings (SSSR count). The van der Waals surface area contributed by atoms with E-state index in [1.807, 2.05) is 25.4 Å². The van der Waals surface area contributed by atoms with E-state index in [9.17, 15) is 0 Å². The number of aliphatic imine (C=N–C) groups is 1. The highest BCUT2D eigenvalue weighted by atomic mass is 32.1. The SMILES string of the molecule is CC(C)N=Cc1nccs1. The topological polar surface area (TPSA) is 25.2 Å². The van der Waals surface area contributed by atoms with Crippen LogP contribution in [-0.4, -0.2) is 17.2 Å². The van der Waals surface area contributed by atoms with E-state index in [0.29, 0.717) is 6.04 Å². The summed E-state index contributed by atoms with van der Waals surface area (Å²) >= 11 is 1.60. The molecule has 0 amide bonds. The Kier molecular flexibility index (Phi) is 2.57. The fourth-order valence-corrected chi connectivity index (χ4v) is 1.02. The van der Waals surface area contributed by atoms with Gasteiger partial charge in [0.1, 0.15) is 5.01 Å². The predicted molar refractivity (Wildman–Crippen MR) is 44.8 cm³/mol. The molecule has 10 heavy (non-hydrogen) atoms. The van der Waals surface area contributed by atoms with E-state index >= 15 is 0 Å². The van der Waals surface area contributed by atoms with Crippen molar-refractivity contribution < 1.29 is 0 Å². The largest absolute Gasteiger partial charge is 0.287 e. The van der Waals surface area contributed by atoms with Crippen LogP contribution < -0.4 is 0 Å². The van der Waals surface area contributed by atoms with Gasteiger partial charge in [0.15, 0.2) is 0 Å². The second kappa shape index (κ2) is 3.46. The second-order valence-electron chi connectivity index (χ2n) is 2.24. The van der Waals surface area contributed by atoms with E-state index < -0.39 is 0 Å². The molecule has 0 fully saturated rings. The van der Waals surface area contributed by atoms with Gasteiger partial charge in [-0.2, -0.15) is 0 Å². The minimum absolute atomic E-state index is 0.365. The minimum Gasteiger partial charge on any atom is -0.287 e. The first-order chi connectivity index (χ1) is 4.79. The van der Waals surface area contributed by atoms with Crippen LogP contribution in [0.1, 0.15) is 18.9 Å². The Morgan fingerprint density at radius 2 is 2.50 bits per heavy atom. The summed E-state index contributed by atoms with van der Waals surface area (Å²) in [6.45, 7) is 4.09. The molecule has 0 aliphatic carbocycles. The standard InChI is InChI=1S/C7H10N2S/c1-6(2)9-5-7-8-3-4-10-7/h3-6H,1-2H3. The number of hydrogen-bond acceptors (Lipinski definition) is 3. The average molecular weight is 154 g/mol. The third kappa shape index (κ3) is 2.27. The number of hydrogen-bond donors (Lipinski definition) is 0. The summed E-state index contributed by atoms with van der Waals surface area (Å²) in [4.78, 5) is 8.25. The molecule has 0 saturated heterocycles. The molecule has 0 bridgehead atoms. The van der Waals surface area contributed by atoms with E-state index in [1.165, 1.54) is 0 Å². The molecule has 0 atom stereocenters. The van der Waals surface area contributed by atoms with Crippen LogP contribution in [0.25, 0.3) is 0 Å². The fraction of sp³-hybridized carbons (Fsp3) is 0.429. The maximum Gasteiger partial charge on any atom is 0.133 e. The molecule has 0 aliphatic rings. The Morgan fingerprint density at radius 3 is 3.00 bits per heavy atom. The molecule has 0 N–H and O–H groups in total. The molecule has 0 unspecified atom stereocenters. The summed E-state index contributed by atoms with van der Waals surface area (Å²) in [5.74, 6) is 0. The van der Waals surface area contributed by atoms with Crippen molar-refractivity contribution in [2.45, 2.75) is 19.9 Å². The Bertz CT molecular complexity index is 201. The summed E-state index contributed by atoms with van der Waals surface area (Å²) in [6.07, 6.45) is 3.60. The van der Waals surface area contributed by atoms with Crippen molar-refractivity contribution in [3.8, 4) is 0 Å². The number of nitrogens with zero attached hydrogens (tertiary/aromatic N) is 2. The quantitative estimate of drug-likeness (QED) is 0.598. The Hall–Kier alpha value is -0.700. The van der Waals surface area contributed by atoms with Crippen LogP contribution in [0, 0.1) is 0 Å². The first kappa shape index (κ1) is 7.41. The molecule has 3 heteroatoms. The maximum atomic E-state index is 4.19. The van der Waals surface area contributed by atoms with Crippen LogP contribution in [0.15, 0.2) is 16.6 Å². The van der Waals surface area contributed by atoms with Crippen molar-refractivity contribution in [1.82, 2.24) is 4.98 Å². The summed E-state index contributed by atoms with van der Waals surface area (Å²) in [5, 5.41) is 2.93. The lowest BCUT2D eigenvalue weighted by atomic mass is 10.4. The summed E-state index contributed by atoms with van der Waals surface area (Å²) in [6, 6.07) is 0.365. The Balaban J connectivity index is 2.55. The van der Waals surface area contributed by atoms with Gasteiger partial charge >= 0.3 is 0 Å². The molecular formula is C7H10N2S. The van der Waals surface area contributed by atoms with Gasteiger partial charge in [0.25, 0.3) is 0 Å². The highest BCUT2D eigenvalue weighted by Gasteiger charge is 1.88. The average Bonchev–Trinajstić information content (AvgIpc) is 2.34. The van der Waals surface area contributed by atoms with Crippen molar-refractivity contribution in [2.75, 3.05) is 0 Å². The normalized spacial score (nSPS) is 11.5. The van der Waals surface area contributed by atoms with Crippen molar-refractivity contribution in [3.63, 3.8) is 0 Å². The zero-order valence-electron chi connectivity index (χ0n) is 6.11. The molecule has 2 nitrogen and oxygen atoms in total. The first-order valence-electron chi connectivity index (χ1n) is 3.21. The predicted octanol–water partition coefficient (Wildman–Crippen LogP) is 1.97. The van der Waals surface area contributed by atoms with Gasteiger partial charge in [-0.25, -0.2) is 4.98 Å². The minimum atomic E-state index is 0.365. The highest BCUT2D eigenvalue weighted by Crippen LogP contribution is 2.00. The first-order valence-corrected chi connectivity index (χ1v) is 4.09. The lowest BCUT2D eigenvalue weighted by Crippen LogP contribution is -1.89. The monoisotopic (exact) mass is 154 g/mol. The number of thiazole rings is 1. The van der Waals surface area contributed by atoms with Gasteiger partial charge in [0, 0.05) is 17.6 Å². The smallest absolute Gasteiger partial charge is 0.133 e. The van der Waals surface area contributed by atoms with Gasteiger partial charge < -0.3 is 0 Å². The molecular weight excluding hydrogens is 144 g/mol. The van der Waals surface area contributed by atoms with Gasteiger partial charge in [0.05, 0.1) is 6.21 Å². The molecule has 0 spiro atoms. The lowest BCUT2D eigenvalue weighted by Gasteiger charge is -1.90. The molecule has 0 aliphatic heterocycles. The molecule has 0 saturated carbocycles. The van der Waals surface area contributed by atoms with Crippen molar-refractivity contribution in [3.05, 3.63) is 16.6 Å². The van der Waals surface area contributed by atoms with Gasteiger partial charge in [-0.3, -0.25) is 4.99 Å². The third-order valence-corrected chi connectivity index (χ3v) is 1.64. The number of aromatic nitrogens is 1. The molecule has 0 radical (unpaired) electrons. The van der Waals surface area contributed by atoms with Gasteiger partial charge in [0.2, 0.25) is 0 Å². The molecule has 1 aromatic rings. The second-order valence-corrected chi connectivity index (χ2v) is 3.17. The zero-order valence-corrected chi connectivity index (χ0v) is 6.93. The maximum absolute atomic E-state index is 4.19. The van der Waals surface area contributed by atoms with Gasteiger partial charge in [-0.15, -0.1) is 11.3 Å². The molecule has 1 aromatic heterocycles. The van der Waals surface area contributed by atoms with E-state index in [4.69, 9.17) is 0 Å². The molecule has 0 aromatic carbocycles. The van der Waals surface area contributed by atoms with Crippen molar-refractivity contribution in [1.29, 1.82) is 0 Å². The number of rotatable bonds is 2.